The monoisotopic (exact) mass is 426 g/mol. The molecule has 3 nitrogen and oxygen atoms in total. The van der Waals surface area contributed by atoms with Gasteiger partial charge in [-0.15, -0.1) is 0 Å². The maximum Gasteiger partial charge on any atom is 0.538 e. The third-order valence-corrected chi connectivity index (χ3v) is 7.56. The van der Waals surface area contributed by atoms with E-state index in [-0.39, 0.29) is 0 Å². The van der Waals surface area contributed by atoms with Gasteiger partial charge in [-0.05, 0) is 16.7 Å². The molecule has 4 heteroatoms. The molecule has 0 amide bonds. The molecular weight excluding hydrogens is 400 g/mol. The molecule has 0 fully saturated rings. The van der Waals surface area contributed by atoms with Crippen molar-refractivity contribution in [1.82, 2.24) is 0 Å². The lowest BCUT2D eigenvalue weighted by Crippen LogP contribution is -2.56. The third kappa shape index (κ3) is 6.00. The van der Waals surface area contributed by atoms with Crippen molar-refractivity contribution in [3.63, 3.8) is 0 Å². The second kappa shape index (κ2) is 10.8. The van der Waals surface area contributed by atoms with Crippen molar-refractivity contribution in [2.75, 3.05) is 0 Å². The lowest BCUT2D eigenvalue weighted by molar-refractivity contribution is 0.0565. The van der Waals surface area contributed by atoms with Gasteiger partial charge in [-0.3, -0.25) is 0 Å². The van der Waals surface area contributed by atoms with Gasteiger partial charge >= 0.3 is 8.80 Å². The Morgan fingerprint density at radius 2 is 0.677 bits per heavy atom. The summed E-state index contributed by atoms with van der Waals surface area (Å²) in [7, 11) is -3.22. The molecule has 0 aromatic heterocycles. The fourth-order valence-electron chi connectivity index (χ4n) is 3.28. The standard InChI is InChI=1S/C27H26O3Si/c1-5-13-24(14-6-1)21-28-31(27-19-11-4-12-20-27,29-22-25-15-7-2-8-16-25)30-23-26-17-9-3-10-18-26/h1-20H,21-23H2. The average molecular weight is 427 g/mol. The van der Waals surface area contributed by atoms with Crippen LogP contribution in [-0.2, 0) is 33.1 Å². The van der Waals surface area contributed by atoms with Gasteiger partial charge in [-0.2, -0.15) is 0 Å². The van der Waals surface area contributed by atoms with Crippen LogP contribution in [-0.4, -0.2) is 8.80 Å². The topological polar surface area (TPSA) is 27.7 Å². The highest BCUT2D eigenvalue weighted by Gasteiger charge is 2.44. The van der Waals surface area contributed by atoms with Crippen molar-refractivity contribution >= 4 is 14.0 Å². The van der Waals surface area contributed by atoms with Crippen LogP contribution in [0.2, 0.25) is 0 Å². The van der Waals surface area contributed by atoms with E-state index in [1.807, 2.05) is 84.9 Å². The van der Waals surface area contributed by atoms with Gasteiger partial charge in [0.1, 0.15) is 0 Å². The predicted molar refractivity (Wildman–Crippen MR) is 126 cm³/mol. The number of rotatable bonds is 10. The quantitative estimate of drug-likeness (QED) is 0.314. The van der Waals surface area contributed by atoms with Gasteiger partial charge in [-0.25, -0.2) is 0 Å². The molecule has 0 heterocycles. The molecule has 0 aliphatic rings. The van der Waals surface area contributed by atoms with Crippen LogP contribution >= 0.6 is 0 Å². The second-order valence-electron chi connectivity index (χ2n) is 7.25. The summed E-state index contributed by atoms with van der Waals surface area (Å²) in [6.45, 7) is 1.27. The fraction of sp³-hybridized carbons (Fsp3) is 0.111. The summed E-state index contributed by atoms with van der Waals surface area (Å²) >= 11 is 0. The Balaban J connectivity index is 1.63. The summed E-state index contributed by atoms with van der Waals surface area (Å²) < 4.78 is 19.6. The van der Waals surface area contributed by atoms with E-state index in [1.165, 1.54) is 0 Å². The van der Waals surface area contributed by atoms with Crippen molar-refractivity contribution < 1.29 is 13.3 Å². The first-order valence-electron chi connectivity index (χ1n) is 10.4. The zero-order valence-electron chi connectivity index (χ0n) is 17.4. The van der Waals surface area contributed by atoms with Gasteiger partial charge in [0.05, 0.1) is 19.8 Å². The van der Waals surface area contributed by atoms with Gasteiger partial charge < -0.3 is 13.3 Å². The second-order valence-corrected chi connectivity index (χ2v) is 9.80. The molecular formula is C27H26O3Si. The highest BCUT2D eigenvalue weighted by Crippen LogP contribution is 2.19. The summed E-state index contributed by atoms with van der Waals surface area (Å²) in [6.07, 6.45) is 0. The van der Waals surface area contributed by atoms with E-state index < -0.39 is 8.80 Å². The molecule has 0 radical (unpaired) electrons. The Labute approximate surface area is 185 Å². The molecule has 0 saturated carbocycles. The summed E-state index contributed by atoms with van der Waals surface area (Å²) in [5.41, 5.74) is 3.26. The lowest BCUT2D eigenvalue weighted by atomic mass is 10.2. The molecule has 0 aliphatic heterocycles. The largest absolute Gasteiger partial charge is 0.538 e. The molecule has 0 aliphatic carbocycles. The van der Waals surface area contributed by atoms with E-state index in [0.717, 1.165) is 21.9 Å². The minimum absolute atomic E-state index is 0.422. The number of hydrogen-bond acceptors (Lipinski definition) is 3. The van der Waals surface area contributed by atoms with E-state index in [9.17, 15) is 0 Å². The molecule has 0 N–H and O–H groups in total. The first-order valence-corrected chi connectivity index (χ1v) is 12.2. The molecule has 0 unspecified atom stereocenters. The van der Waals surface area contributed by atoms with Crippen LogP contribution in [0.4, 0.5) is 0 Å². The smallest absolute Gasteiger partial charge is 0.365 e. The highest BCUT2D eigenvalue weighted by molar-refractivity contribution is 6.75. The van der Waals surface area contributed by atoms with Gasteiger partial charge in [-0.1, -0.05) is 121 Å². The Morgan fingerprint density at radius 1 is 0.387 bits per heavy atom. The molecule has 31 heavy (non-hydrogen) atoms. The van der Waals surface area contributed by atoms with Crippen LogP contribution in [0.3, 0.4) is 0 Å². The van der Waals surface area contributed by atoms with Crippen molar-refractivity contribution in [3.8, 4) is 0 Å². The SMILES string of the molecule is c1ccc(CO[Si](OCc2ccccc2)(OCc2ccccc2)c2ccccc2)cc1. The minimum atomic E-state index is -3.22. The van der Waals surface area contributed by atoms with Crippen molar-refractivity contribution in [2.24, 2.45) is 0 Å². The van der Waals surface area contributed by atoms with Gasteiger partial charge in [0.25, 0.3) is 0 Å². The average Bonchev–Trinajstić information content (AvgIpc) is 2.86. The number of benzene rings is 4. The minimum Gasteiger partial charge on any atom is -0.365 e. The molecule has 0 bridgehead atoms. The fourth-order valence-corrected chi connectivity index (χ4v) is 5.70. The van der Waals surface area contributed by atoms with Gasteiger partial charge in [0.15, 0.2) is 0 Å². The van der Waals surface area contributed by atoms with E-state index in [1.54, 1.807) is 0 Å². The van der Waals surface area contributed by atoms with E-state index >= 15 is 0 Å². The zero-order chi connectivity index (χ0) is 21.2. The Bertz CT molecular complexity index is 919. The molecule has 0 spiro atoms. The van der Waals surface area contributed by atoms with Crippen molar-refractivity contribution in [3.05, 3.63) is 138 Å². The van der Waals surface area contributed by atoms with Gasteiger partial charge in [0.2, 0.25) is 0 Å². The molecule has 4 rings (SSSR count). The van der Waals surface area contributed by atoms with E-state index in [4.69, 9.17) is 13.3 Å². The van der Waals surface area contributed by atoms with E-state index in [0.29, 0.717) is 19.8 Å². The summed E-state index contributed by atoms with van der Waals surface area (Å²) in [5, 5.41) is 0.956. The molecule has 0 atom stereocenters. The predicted octanol–water partition coefficient (Wildman–Crippen LogP) is 5.48. The molecule has 0 saturated heterocycles. The van der Waals surface area contributed by atoms with E-state index in [2.05, 4.69) is 36.4 Å². The van der Waals surface area contributed by atoms with Crippen LogP contribution in [0.25, 0.3) is 0 Å². The van der Waals surface area contributed by atoms with Crippen molar-refractivity contribution in [2.45, 2.75) is 19.8 Å². The number of hydrogen-bond donors (Lipinski definition) is 0. The van der Waals surface area contributed by atoms with Crippen molar-refractivity contribution in [1.29, 1.82) is 0 Å². The van der Waals surface area contributed by atoms with Crippen LogP contribution in [0, 0.1) is 0 Å². The normalized spacial score (nSPS) is 11.4. The Hall–Kier alpha value is -3.02. The van der Waals surface area contributed by atoms with Crippen LogP contribution < -0.4 is 5.19 Å². The maximum atomic E-state index is 6.54. The Kier molecular flexibility index (Phi) is 7.42. The van der Waals surface area contributed by atoms with Crippen LogP contribution in [0.1, 0.15) is 16.7 Å². The molecule has 156 valence electrons. The zero-order valence-corrected chi connectivity index (χ0v) is 18.4. The first-order chi connectivity index (χ1) is 15.3. The summed E-state index contributed by atoms with van der Waals surface area (Å²) in [5.74, 6) is 0. The third-order valence-electron chi connectivity index (χ3n) is 4.94. The van der Waals surface area contributed by atoms with Gasteiger partial charge in [0, 0.05) is 5.19 Å². The summed E-state index contributed by atoms with van der Waals surface area (Å²) in [4.78, 5) is 0. The molecule has 4 aromatic rings. The Morgan fingerprint density at radius 3 is 1.00 bits per heavy atom. The maximum absolute atomic E-state index is 6.54. The lowest BCUT2D eigenvalue weighted by Gasteiger charge is -2.30. The highest BCUT2D eigenvalue weighted by atomic mass is 28.4. The summed E-state index contributed by atoms with van der Waals surface area (Å²) in [6, 6.07) is 40.5. The first kappa shape index (κ1) is 21.2. The van der Waals surface area contributed by atoms with Crippen LogP contribution in [0.5, 0.6) is 0 Å². The molecule has 4 aromatic carbocycles. The van der Waals surface area contributed by atoms with Crippen LogP contribution in [0.15, 0.2) is 121 Å².